The van der Waals surface area contributed by atoms with Gasteiger partial charge in [0.05, 0.1) is 18.6 Å². The van der Waals surface area contributed by atoms with Gasteiger partial charge in [-0.3, -0.25) is 4.79 Å². The molecule has 1 saturated heterocycles. The second kappa shape index (κ2) is 5.50. The van der Waals surface area contributed by atoms with Crippen LogP contribution in [0.5, 0.6) is 0 Å². The van der Waals surface area contributed by atoms with E-state index in [4.69, 9.17) is 10.5 Å². The average Bonchev–Trinajstić information content (AvgIpc) is 2.74. The maximum Gasteiger partial charge on any atom is 0.230 e. The Morgan fingerprint density at radius 3 is 2.60 bits per heavy atom. The molecule has 2 unspecified atom stereocenters. The minimum atomic E-state index is -0.690. The fraction of sp³-hybridized carbons (Fsp3) is 0.533. The van der Waals surface area contributed by atoms with Gasteiger partial charge in [-0.05, 0) is 37.5 Å². The first kappa shape index (κ1) is 14.9. The van der Waals surface area contributed by atoms with Crippen LogP contribution in [-0.2, 0) is 16.1 Å². The molecule has 1 aliphatic rings. The summed E-state index contributed by atoms with van der Waals surface area (Å²) in [6.45, 7) is 6.34. The number of ether oxygens (including phenoxy) is 1. The van der Waals surface area contributed by atoms with Gasteiger partial charge in [-0.1, -0.05) is 12.1 Å². The summed E-state index contributed by atoms with van der Waals surface area (Å²) in [5.41, 5.74) is 7.28. The quantitative estimate of drug-likeness (QED) is 0.880. The lowest BCUT2D eigenvalue weighted by molar-refractivity contribution is -0.130. The van der Waals surface area contributed by atoms with E-state index in [0.717, 1.165) is 5.56 Å². The van der Waals surface area contributed by atoms with Crippen molar-refractivity contribution in [1.82, 2.24) is 5.32 Å². The van der Waals surface area contributed by atoms with Crippen molar-refractivity contribution in [2.45, 2.75) is 33.4 Å². The fourth-order valence-electron chi connectivity index (χ4n) is 2.44. The summed E-state index contributed by atoms with van der Waals surface area (Å²) >= 11 is 0. The van der Waals surface area contributed by atoms with E-state index < -0.39 is 5.41 Å². The third-order valence-corrected chi connectivity index (χ3v) is 3.99. The molecule has 1 fully saturated rings. The number of benzene rings is 1. The van der Waals surface area contributed by atoms with Crippen molar-refractivity contribution in [2.24, 2.45) is 11.1 Å². The summed E-state index contributed by atoms with van der Waals surface area (Å²) < 4.78 is 18.8. The van der Waals surface area contributed by atoms with E-state index in [0.29, 0.717) is 30.9 Å². The molecule has 2 rings (SSSR count). The number of nitrogens with two attached hydrogens (primary N) is 1. The van der Waals surface area contributed by atoms with Crippen LogP contribution in [-0.4, -0.2) is 25.2 Å². The van der Waals surface area contributed by atoms with Gasteiger partial charge in [-0.25, -0.2) is 4.39 Å². The number of hydrogen-bond acceptors (Lipinski definition) is 3. The Balaban J connectivity index is 2.04. The molecule has 1 heterocycles. The normalized spacial score (nSPS) is 25.8. The highest BCUT2D eigenvalue weighted by molar-refractivity contribution is 5.83. The molecule has 5 heteroatoms. The van der Waals surface area contributed by atoms with Gasteiger partial charge in [0.15, 0.2) is 0 Å². The lowest BCUT2D eigenvalue weighted by atomic mass is 9.85. The first-order chi connectivity index (χ1) is 9.34. The Morgan fingerprint density at radius 1 is 1.50 bits per heavy atom. The zero-order valence-corrected chi connectivity index (χ0v) is 12.1. The van der Waals surface area contributed by atoms with Gasteiger partial charge in [-0.2, -0.15) is 0 Å². The molecule has 0 spiro atoms. The van der Waals surface area contributed by atoms with Gasteiger partial charge >= 0.3 is 0 Å². The van der Waals surface area contributed by atoms with Gasteiger partial charge in [0.25, 0.3) is 0 Å². The van der Waals surface area contributed by atoms with Gasteiger partial charge in [0, 0.05) is 12.6 Å². The van der Waals surface area contributed by atoms with Crippen molar-refractivity contribution in [3.8, 4) is 0 Å². The molecule has 2 atom stereocenters. The van der Waals surface area contributed by atoms with Crippen LogP contribution in [0.25, 0.3) is 0 Å². The zero-order valence-electron chi connectivity index (χ0n) is 12.1. The number of aryl methyl sites for hydroxylation is 2. The lowest BCUT2D eigenvalue weighted by Gasteiger charge is -2.25. The molecule has 0 radical (unpaired) electrons. The molecular weight excluding hydrogens is 259 g/mol. The van der Waals surface area contributed by atoms with Crippen LogP contribution in [0, 0.1) is 25.1 Å². The largest absolute Gasteiger partial charge is 0.379 e. The van der Waals surface area contributed by atoms with Crippen LogP contribution in [0.2, 0.25) is 0 Å². The SMILES string of the molecule is Cc1cc(CNC(=O)C2(C)COCC2N)cc(C)c1F. The summed E-state index contributed by atoms with van der Waals surface area (Å²) in [5, 5.41) is 2.86. The summed E-state index contributed by atoms with van der Waals surface area (Å²) in [5.74, 6) is -0.319. The van der Waals surface area contributed by atoms with Gasteiger partial charge in [0.2, 0.25) is 5.91 Å². The molecule has 0 aromatic heterocycles. The van der Waals surface area contributed by atoms with Crippen LogP contribution in [0.3, 0.4) is 0 Å². The molecule has 110 valence electrons. The van der Waals surface area contributed by atoms with Crippen molar-refractivity contribution in [3.05, 3.63) is 34.6 Å². The first-order valence-corrected chi connectivity index (χ1v) is 6.72. The van der Waals surface area contributed by atoms with Gasteiger partial charge in [-0.15, -0.1) is 0 Å². The van der Waals surface area contributed by atoms with E-state index in [1.807, 2.05) is 0 Å². The Labute approximate surface area is 118 Å². The van der Waals surface area contributed by atoms with Crippen molar-refractivity contribution in [1.29, 1.82) is 0 Å². The molecule has 20 heavy (non-hydrogen) atoms. The third kappa shape index (κ3) is 2.69. The highest BCUT2D eigenvalue weighted by Crippen LogP contribution is 2.27. The van der Waals surface area contributed by atoms with Crippen LogP contribution >= 0.6 is 0 Å². The van der Waals surface area contributed by atoms with E-state index in [1.165, 1.54) is 0 Å². The van der Waals surface area contributed by atoms with E-state index >= 15 is 0 Å². The summed E-state index contributed by atoms with van der Waals surface area (Å²) in [6.07, 6.45) is 0. The lowest BCUT2D eigenvalue weighted by Crippen LogP contribution is -2.49. The number of nitrogens with one attached hydrogen (secondary N) is 1. The standard InChI is InChI=1S/C15H21FN2O2/c1-9-4-11(5-10(2)13(9)16)6-18-14(19)15(3)8-20-7-12(15)17/h4-5,12H,6-8,17H2,1-3H3,(H,18,19). The first-order valence-electron chi connectivity index (χ1n) is 6.72. The summed E-state index contributed by atoms with van der Waals surface area (Å²) in [6, 6.07) is 3.20. The predicted molar refractivity (Wildman–Crippen MR) is 74.6 cm³/mol. The smallest absolute Gasteiger partial charge is 0.230 e. The summed E-state index contributed by atoms with van der Waals surface area (Å²) in [7, 11) is 0. The van der Waals surface area contributed by atoms with Crippen molar-refractivity contribution in [3.63, 3.8) is 0 Å². The molecule has 1 aliphatic heterocycles. The number of hydrogen-bond donors (Lipinski definition) is 2. The maximum absolute atomic E-state index is 13.5. The third-order valence-electron chi connectivity index (χ3n) is 3.99. The molecule has 1 amide bonds. The zero-order chi connectivity index (χ0) is 14.9. The van der Waals surface area contributed by atoms with Gasteiger partial charge in [0.1, 0.15) is 5.82 Å². The van der Waals surface area contributed by atoms with Crippen LogP contribution < -0.4 is 11.1 Å². The second-order valence-corrected chi connectivity index (χ2v) is 5.77. The number of amides is 1. The average molecular weight is 280 g/mol. The fourth-order valence-corrected chi connectivity index (χ4v) is 2.44. The van der Waals surface area contributed by atoms with E-state index in [-0.39, 0.29) is 17.8 Å². The van der Waals surface area contributed by atoms with Crippen molar-refractivity contribution < 1.29 is 13.9 Å². The Morgan fingerprint density at radius 2 is 2.10 bits per heavy atom. The maximum atomic E-state index is 13.5. The molecule has 0 bridgehead atoms. The molecule has 4 nitrogen and oxygen atoms in total. The van der Waals surface area contributed by atoms with E-state index in [1.54, 1.807) is 32.9 Å². The highest BCUT2D eigenvalue weighted by Gasteiger charge is 2.44. The topological polar surface area (TPSA) is 64.3 Å². The van der Waals surface area contributed by atoms with E-state index in [9.17, 15) is 9.18 Å². The number of halogens is 1. The predicted octanol–water partition coefficient (Wildman–Crippen LogP) is 1.42. The second-order valence-electron chi connectivity index (χ2n) is 5.77. The van der Waals surface area contributed by atoms with Crippen molar-refractivity contribution >= 4 is 5.91 Å². The van der Waals surface area contributed by atoms with Gasteiger partial charge < -0.3 is 15.8 Å². The summed E-state index contributed by atoms with van der Waals surface area (Å²) in [4.78, 5) is 12.2. The Hall–Kier alpha value is -1.46. The minimum absolute atomic E-state index is 0.123. The van der Waals surface area contributed by atoms with Crippen molar-refractivity contribution in [2.75, 3.05) is 13.2 Å². The number of rotatable bonds is 3. The number of carbonyl (C=O) groups is 1. The molecule has 3 N–H and O–H groups in total. The van der Waals surface area contributed by atoms with Crippen LogP contribution in [0.4, 0.5) is 4.39 Å². The molecule has 1 aromatic rings. The number of carbonyl (C=O) groups excluding carboxylic acids is 1. The Kier molecular flexibility index (Phi) is 4.11. The van der Waals surface area contributed by atoms with Crippen LogP contribution in [0.15, 0.2) is 12.1 Å². The monoisotopic (exact) mass is 280 g/mol. The van der Waals surface area contributed by atoms with Crippen LogP contribution in [0.1, 0.15) is 23.6 Å². The molecule has 0 saturated carbocycles. The Bertz CT molecular complexity index is 510. The highest BCUT2D eigenvalue weighted by atomic mass is 19.1. The molecule has 0 aliphatic carbocycles. The molecular formula is C15H21FN2O2. The minimum Gasteiger partial charge on any atom is -0.379 e. The van der Waals surface area contributed by atoms with E-state index in [2.05, 4.69) is 5.32 Å². The molecule has 1 aromatic carbocycles.